The molecule has 4 nitrogen and oxygen atoms in total. The van der Waals surface area contributed by atoms with Gasteiger partial charge in [0.15, 0.2) is 11.5 Å². The summed E-state index contributed by atoms with van der Waals surface area (Å²) in [6, 6.07) is 9.80. The number of hydrogen-bond donors (Lipinski definition) is 1. The molecule has 0 spiro atoms. The van der Waals surface area contributed by atoms with Gasteiger partial charge in [-0.05, 0) is 42.8 Å². The lowest BCUT2D eigenvalue weighted by Gasteiger charge is -2.27. The minimum atomic E-state index is -4.59. The molecule has 27 heavy (non-hydrogen) atoms. The van der Waals surface area contributed by atoms with Crippen LogP contribution in [-0.2, 0) is 15.8 Å². The van der Waals surface area contributed by atoms with E-state index < -0.39 is 35.2 Å². The maximum Gasteiger partial charge on any atom is 0.416 e. The number of nitrogens with zero attached hydrogens (tertiary/aromatic N) is 1. The standard InChI is InChI=1S/C19H13BrF3NO3/c1-10(25)15-16(11-5-7-13(20)8-6-11)24(18(27)17(15)26)14-4-2-3-12(9-14)19(21,22)23/h2-9,16,26H,1H3/t16-/m0/s1. The first kappa shape index (κ1) is 19.2. The second kappa shape index (κ2) is 6.84. The van der Waals surface area contributed by atoms with Gasteiger partial charge in [0.1, 0.15) is 0 Å². The third-order valence-corrected chi connectivity index (χ3v) is 4.75. The van der Waals surface area contributed by atoms with Gasteiger partial charge >= 0.3 is 6.18 Å². The van der Waals surface area contributed by atoms with Gasteiger partial charge in [0, 0.05) is 10.2 Å². The number of hydrogen-bond acceptors (Lipinski definition) is 3. The molecule has 1 amide bonds. The van der Waals surface area contributed by atoms with Crippen molar-refractivity contribution < 1.29 is 27.9 Å². The first-order chi connectivity index (χ1) is 12.6. The Kier molecular flexibility index (Phi) is 4.86. The average molecular weight is 440 g/mol. The number of amides is 1. The van der Waals surface area contributed by atoms with Crippen LogP contribution in [0.4, 0.5) is 18.9 Å². The van der Waals surface area contributed by atoms with Crippen LogP contribution in [0, 0.1) is 0 Å². The molecule has 140 valence electrons. The smallest absolute Gasteiger partial charge is 0.416 e. The number of benzene rings is 2. The normalized spacial score (nSPS) is 17.6. The molecular weight excluding hydrogens is 427 g/mol. The third-order valence-electron chi connectivity index (χ3n) is 4.22. The molecule has 1 aliphatic rings. The highest BCUT2D eigenvalue weighted by Crippen LogP contribution is 2.42. The van der Waals surface area contributed by atoms with E-state index in [4.69, 9.17) is 0 Å². The molecule has 1 aliphatic heterocycles. The minimum Gasteiger partial charge on any atom is -0.503 e. The Morgan fingerprint density at radius 2 is 1.78 bits per heavy atom. The molecule has 2 aromatic rings. The number of ketones is 1. The number of halogens is 4. The van der Waals surface area contributed by atoms with Crippen molar-refractivity contribution in [1.82, 2.24) is 0 Å². The molecule has 0 fully saturated rings. The zero-order valence-corrected chi connectivity index (χ0v) is 15.5. The predicted octanol–water partition coefficient (Wildman–Crippen LogP) is 4.96. The van der Waals surface area contributed by atoms with E-state index in [-0.39, 0.29) is 11.3 Å². The zero-order chi connectivity index (χ0) is 19.9. The summed E-state index contributed by atoms with van der Waals surface area (Å²) >= 11 is 3.28. The number of aliphatic hydroxyl groups excluding tert-OH is 1. The largest absolute Gasteiger partial charge is 0.503 e. The second-order valence-electron chi connectivity index (χ2n) is 6.00. The Morgan fingerprint density at radius 3 is 2.33 bits per heavy atom. The molecule has 0 bridgehead atoms. The number of carbonyl (C=O) groups excluding carboxylic acids is 2. The van der Waals surface area contributed by atoms with Crippen molar-refractivity contribution in [3.05, 3.63) is 75.5 Å². The zero-order valence-electron chi connectivity index (χ0n) is 13.9. The van der Waals surface area contributed by atoms with Crippen molar-refractivity contribution >= 4 is 33.3 Å². The molecule has 0 saturated carbocycles. The lowest BCUT2D eigenvalue weighted by molar-refractivity contribution is -0.137. The molecule has 0 radical (unpaired) electrons. The molecular formula is C19H13BrF3NO3. The van der Waals surface area contributed by atoms with E-state index >= 15 is 0 Å². The second-order valence-corrected chi connectivity index (χ2v) is 6.91. The van der Waals surface area contributed by atoms with Gasteiger partial charge in [-0.3, -0.25) is 14.5 Å². The molecule has 3 rings (SSSR count). The SMILES string of the molecule is CC(=O)C1=C(O)C(=O)N(c2cccc(C(F)(F)F)c2)[C@H]1c1ccc(Br)cc1. The summed E-state index contributed by atoms with van der Waals surface area (Å²) in [4.78, 5) is 25.7. The average Bonchev–Trinajstić information content (AvgIpc) is 2.86. The number of anilines is 1. The van der Waals surface area contributed by atoms with Gasteiger partial charge in [-0.1, -0.05) is 34.1 Å². The van der Waals surface area contributed by atoms with Gasteiger partial charge < -0.3 is 5.11 Å². The van der Waals surface area contributed by atoms with E-state index in [1.807, 2.05) is 0 Å². The Morgan fingerprint density at radius 1 is 1.15 bits per heavy atom. The summed E-state index contributed by atoms with van der Waals surface area (Å²) in [5, 5.41) is 10.2. The van der Waals surface area contributed by atoms with E-state index in [9.17, 15) is 27.9 Å². The predicted molar refractivity (Wildman–Crippen MR) is 96.1 cm³/mol. The number of aliphatic hydroxyl groups is 1. The fraction of sp³-hybridized carbons (Fsp3) is 0.158. The van der Waals surface area contributed by atoms with Crippen LogP contribution < -0.4 is 4.90 Å². The molecule has 8 heteroatoms. The molecule has 1 atom stereocenters. The van der Waals surface area contributed by atoms with Gasteiger partial charge in [0.2, 0.25) is 0 Å². The van der Waals surface area contributed by atoms with Gasteiger partial charge in [0.05, 0.1) is 17.2 Å². The van der Waals surface area contributed by atoms with Crippen molar-refractivity contribution in [1.29, 1.82) is 0 Å². The highest BCUT2D eigenvalue weighted by Gasteiger charge is 2.43. The summed E-state index contributed by atoms with van der Waals surface area (Å²) in [5.74, 6) is -2.22. The van der Waals surface area contributed by atoms with Crippen molar-refractivity contribution in [3.8, 4) is 0 Å². The topological polar surface area (TPSA) is 57.6 Å². The third kappa shape index (κ3) is 3.49. The molecule has 0 saturated heterocycles. The van der Waals surface area contributed by atoms with E-state index in [1.54, 1.807) is 24.3 Å². The van der Waals surface area contributed by atoms with Crippen molar-refractivity contribution in [3.63, 3.8) is 0 Å². The Labute approximate surface area is 161 Å². The fourth-order valence-electron chi connectivity index (χ4n) is 3.02. The van der Waals surface area contributed by atoms with Crippen LogP contribution in [0.25, 0.3) is 0 Å². The van der Waals surface area contributed by atoms with Crippen LogP contribution in [0.2, 0.25) is 0 Å². The van der Waals surface area contributed by atoms with Gasteiger partial charge in [-0.25, -0.2) is 0 Å². The highest BCUT2D eigenvalue weighted by atomic mass is 79.9. The van der Waals surface area contributed by atoms with Crippen molar-refractivity contribution in [2.45, 2.75) is 19.1 Å². The van der Waals surface area contributed by atoms with Crippen LogP contribution >= 0.6 is 15.9 Å². The number of Topliss-reactive ketones (excluding diaryl/α,β-unsaturated/α-hetero) is 1. The van der Waals surface area contributed by atoms with Crippen LogP contribution in [0.5, 0.6) is 0 Å². The Hall–Kier alpha value is -2.61. The molecule has 1 N–H and O–H groups in total. The molecule has 0 unspecified atom stereocenters. The van der Waals surface area contributed by atoms with E-state index in [0.717, 1.165) is 21.5 Å². The van der Waals surface area contributed by atoms with Gasteiger partial charge in [0.25, 0.3) is 5.91 Å². The lowest BCUT2D eigenvalue weighted by atomic mass is 9.96. The van der Waals surface area contributed by atoms with Crippen molar-refractivity contribution in [2.24, 2.45) is 0 Å². The number of alkyl halides is 3. The van der Waals surface area contributed by atoms with E-state index in [1.165, 1.54) is 19.1 Å². The summed E-state index contributed by atoms with van der Waals surface area (Å²) in [6.07, 6.45) is -4.59. The van der Waals surface area contributed by atoms with Gasteiger partial charge in [-0.2, -0.15) is 13.2 Å². The maximum atomic E-state index is 13.1. The quantitative estimate of drug-likeness (QED) is 0.735. The summed E-state index contributed by atoms with van der Waals surface area (Å²) < 4.78 is 40.0. The molecule has 0 aliphatic carbocycles. The molecule has 2 aromatic carbocycles. The molecule has 1 heterocycles. The van der Waals surface area contributed by atoms with E-state index in [2.05, 4.69) is 15.9 Å². The summed E-state index contributed by atoms with van der Waals surface area (Å²) in [5.41, 5.74) is -0.665. The Balaban J connectivity index is 2.17. The lowest BCUT2D eigenvalue weighted by Crippen LogP contribution is -2.31. The van der Waals surface area contributed by atoms with Crippen LogP contribution in [0.15, 0.2) is 64.3 Å². The monoisotopic (exact) mass is 439 g/mol. The Bertz CT molecular complexity index is 951. The van der Waals surface area contributed by atoms with Crippen molar-refractivity contribution in [2.75, 3.05) is 4.90 Å². The van der Waals surface area contributed by atoms with Gasteiger partial charge in [-0.15, -0.1) is 0 Å². The van der Waals surface area contributed by atoms with Crippen LogP contribution in [0.3, 0.4) is 0 Å². The first-order valence-corrected chi connectivity index (χ1v) is 8.61. The molecule has 0 aromatic heterocycles. The minimum absolute atomic E-state index is 0.0643. The fourth-order valence-corrected chi connectivity index (χ4v) is 3.29. The highest BCUT2D eigenvalue weighted by molar-refractivity contribution is 9.10. The summed E-state index contributed by atoms with van der Waals surface area (Å²) in [6.45, 7) is 1.19. The van der Waals surface area contributed by atoms with Crippen LogP contribution in [0.1, 0.15) is 24.1 Å². The van der Waals surface area contributed by atoms with Crippen LogP contribution in [-0.4, -0.2) is 16.8 Å². The first-order valence-electron chi connectivity index (χ1n) is 7.81. The summed E-state index contributed by atoms with van der Waals surface area (Å²) in [7, 11) is 0. The number of carbonyl (C=O) groups is 2. The maximum absolute atomic E-state index is 13.1. The van der Waals surface area contributed by atoms with E-state index in [0.29, 0.717) is 5.56 Å². The number of rotatable bonds is 3.